The minimum Gasteiger partial charge on any atom is -0.309 e. The van der Waals surface area contributed by atoms with Crippen molar-refractivity contribution in [2.24, 2.45) is 0 Å². The molecule has 2 heterocycles. The molecule has 1 fully saturated rings. The Morgan fingerprint density at radius 3 is 2.95 bits per heavy atom. The Hall–Kier alpha value is -0.460. The number of hydrogen-bond acceptors (Lipinski definition) is 5. The van der Waals surface area contributed by atoms with Crippen molar-refractivity contribution in [3.63, 3.8) is 0 Å². The fourth-order valence-electron chi connectivity index (χ4n) is 3.12. The fraction of sp³-hybridized carbons (Fsp3) is 0.786. The predicted octanol–water partition coefficient (Wildman–Crippen LogP) is 2.42. The molecule has 1 N–H and O–H groups in total. The summed E-state index contributed by atoms with van der Waals surface area (Å²) in [5.41, 5.74) is 1.22. The van der Waals surface area contributed by atoms with Gasteiger partial charge in [-0.25, -0.2) is 13.4 Å². The molecule has 6 heteroatoms. The van der Waals surface area contributed by atoms with Gasteiger partial charge in [0.2, 0.25) is 0 Å². The molecule has 1 aliphatic heterocycles. The van der Waals surface area contributed by atoms with E-state index in [4.69, 9.17) is 4.98 Å². The normalized spacial score (nSPS) is 28.4. The van der Waals surface area contributed by atoms with Crippen LogP contribution in [-0.2, 0) is 16.3 Å². The van der Waals surface area contributed by atoms with Crippen LogP contribution in [0.15, 0.2) is 0 Å². The van der Waals surface area contributed by atoms with E-state index in [-0.39, 0.29) is 5.92 Å². The zero-order valence-electron chi connectivity index (χ0n) is 11.9. The Bertz CT molecular complexity index is 580. The predicted molar refractivity (Wildman–Crippen MR) is 82.1 cm³/mol. The summed E-state index contributed by atoms with van der Waals surface area (Å²) in [4.78, 5) is 6.14. The molecule has 2 aliphatic rings. The van der Waals surface area contributed by atoms with Crippen LogP contribution in [0.5, 0.6) is 0 Å². The maximum absolute atomic E-state index is 11.6. The van der Waals surface area contributed by atoms with Gasteiger partial charge in [0, 0.05) is 16.8 Å². The number of aromatic nitrogens is 1. The van der Waals surface area contributed by atoms with E-state index in [1.54, 1.807) is 11.3 Å². The highest BCUT2D eigenvalue weighted by Gasteiger charge is 2.33. The van der Waals surface area contributed by atoms with Gasteiger partial charge in [0.1, 0.15) is 0 Å². The van der Waals surface area contributed by atoms with Crippen molar-refractivity contribution in [1.29, 1.82) is 0 Å². The van der Waals surface area contributed by atoms with E-state index in [0.29, 0.717) is 17.5 Å². The van der Waals surface area contributed by atoms with Gasteiger partial charge < -0.3 is 5.32 Å². The molecule has 4 nitrogen and oxygen atoms in total. The topological polar surface area (TPSA) is 59.1 Å². The lowest BCUT2D eigenvalue weighted by atomic mass is 9.98. The second-order valence-corrected chi connectivity index (χ2v) is 9.15. The lowest BCUT2D eigenvalue weighted by Crippen LogP contribution is -2.24. The lowest BCUT2D eigenvalue weighted by Gasteiger charge is -2.22. The number of rotatable bonds is 4. The molecule has 0 saturated carbocycles. The summed E-state index contributed by atoms with van der Waals surface area (Å²) in [6.45, 7) is 3.22. The first kappa shape index (κ1) is 14.5. The Balaban J connectivity index is 1.80. The quantitative estimate of drug-likeness (QED) is 0.927. The zero-order chi connectivity index (χ0) is 14.2. The van der Waals surface area contributed by atoms with Crippen molar-refractivity contribution < 1.29 is 8.42 Å². The SMILES string of the molecule is CCCNC1CCCc2nc(C3CCS(=O)(=O)C3)sc21. The Morgan fingerprint density at radius 2 is 2.25 bits per heavy atom. The molecule has 1 aromatic heterocycles. The van der Waals surface area contributed by atoms with E-state index < -0.39 is 9.84 Å². The monoisotopic (exact) mass is 314 g/mol. The molecule has 1 aliphatic carbocycles. The van der Waals surface area contributed by atoms with Crippen LogP contribution in [0, 0.1) is 0 Å². The summed E-state index contributed by atoms with van der Waals surface area (Å²) >= 11 is 1.75. The number of nitrogens with zero attached hydrogens (tertiary/aromatic N) is 1. The first-order valence-corrected chi connectivity index (χ1v) is 10.2. The summed E-state index contributed by atoms with van der Waals surface area (Å²) < 4.78 is 23.3. The van der Waals surface area contributed by atoms with Gasteiger partial charge in [-0.1, -0.05) is 6.92 Å². The van der Waals surface area contributed by atoms with Gasteiger partial charge in [-0.15, -0.1) is 11.3 Å². The number of thiazole rings is 1. The van der Waals surface area contributed by atoms with Crippen molar-refractivity contribution in [3.05, 3.63) is 15.6 Å². The van der Waals surface area contributed by atoms with Gasteiger partial charge in [-0.2, -0.15) is 0 Å². The van der Waals surface area contributed by atoms with E-state index in [1.165, 1.54) is 23.4 Å². The Morgan fingerprint density at radius 1 is 1.40 bits per heavy atom. The van der Waals surface area contributed by atoms with Gasteiger partial charge in [-0.3, -0.25) is 0 Å². The van der Waals surface area contributed by atoms with Gasteiger partial charge in [-0.05, 0) is 38.6 Å². The maximum atomic E-state index is 11.6. The third-order valence-electron chi connectivity index (χ3n) is 4.19. The molecule has 0 bridgehead atoms. The minimum atomic E-state index is -2.82. The van der Waals surface area contributed by atoms with Crippen LogP contribution in [0.25, 0.3) is 0 Å². The average Bonchev–Trinajstić information content (AvgIpc) is 2.99. The lowest BCUT2D eigenvalue weighted by molar-refractivity contribution is 0.464. The highest BCUT2D eigenvalue weighted by Crippen LogP contribution is 2.39. The van der Waals surface area contributed by atoms with Crippen LogP contribution >= 0.6 is 11.3 Å². The molecule has 0 amide bonds. The maximum Gasteiger partial charge on any atom is 0.151 e. The van der Waals surface area contributed by atoms with Gasteiger partial charge in [0.15, 0.2) is 9.84 Å². The number of sulfone groups is 1. The van der Waals surface area contributed by atoms with Crippen LogP contribution < -0.4 is 5.32 Å². The molecule has 0 radical (unpaired) electrons. The Kier molecular flexibility index (Phi) is 4.15. The first-order chi connectivity index (χ1) is 9.59. The number of aryl methyl sites for hydroxylation is 1. The molecule has 3 rings (SSSR count). The van der Waals surface area contributed by atoms with Crippen molar-refractivity contribution >= 4 is 21.2 Å². The summed E-state index contributed by atoms with van der Waals surface area (Å²) in [5.74, 6) is 0.772. The highest BCUT2D eigenvalue weighted by molar-refractivity contribution is 7.91. The average molecular weight is 314 g/mol. The molecular weight excluding hydrogens is 292 g/mol. The summed E-state index contributed by atoms with van der Waals surface area (Å²) in [6, 6.07) is 0.433. The number of fused-ring (bicyclic) bond motifs is 1. The van der Waals surface area contributed by atoms with E-state index in [9.17, 15) is 8.42 Å². The van der Waals surface area contributed by atoms with Crippen LogP contribution in [0.3, 0.4) is 0 Å². The molecule has 0 aromatic carbocycles. The number of hydrogen-bond donors (Lipinski definition) is 1. The molecule has 1 aromatic rings. The largest absolute Gasteiger partial charge is 0.309 e. The van der Waals surface area contributed by atoms with Gasteiger partial charge in [0.05, 0.1) is 22.2 Å². The Labute approximate surface area is 124 Å². The molecule has 112 valence electrons. The molecule has 20 heavy (non-hydrogen) atoms. The molecule has 0 spiro atoms. The van der Waals surface area contributed by atoms with Crippen LogP contribution in [-0.4, -0.2) is 31.5 Å². The fourth-order valence-corrected chi connectivity index (χ4v) is 6.33. The third kappa shape index (κ3) is 2.92. The van der Waals surface area contributed by atoms with Crippen molar-refractivity contribution in [1.82, 2.24) is 10.3 Å². The molecule has 2 atom stereocenters. The van der Waals surface area contributed by atoms with E-state index >= 15 is 0 Å². The van der Waals surface area contributed by atoms with E-state index in [2.05, 4.69) is 12.2 Å². The zero-order valence-corrected chi connectivity index (χ0v) is 13.5. The van der Waals surface area contributed by atoms with Gasteiger partial charge >= 0.3 is 0 Å². The van der Waals surface area contributed by atoms with Crippen molar-refractivity contribution in [2.45, 2.75) is 51.0 Å². The second-order valence-electron chi connectivity index (χ2n) is 5.86. The van der Waals surface area contributed by atoms with E-state index in [0.717, 1.165) is 30.8 Å². The smallest absolute Gasteiger partial charge is 0.151 e. The van der Waals surface area contributed by atoms with Crippen molar-refractivity contribution in [3.8, 4) is 0 Å². The summed E-state index contributed by atoms with van der Waals surface area (Å²) in [7, 11) is -2.82. The number of nitrogens with one attached hydrogen (secondary N) is 1. The molecular formula is C14H22N2O2S2. The van der Waals surface area contributed by atoms with Crippen LogP contribution in [0.4, 0.5) is 0 Å². The highest BCUT2D eigenvalue weighted by atomic mass is 32.2. The van der Waals surface area contributed by atoms with Crippen LogP contribution in [0.2, 0.25) is 0 Å². The second kappa shape index (κ2) is 5.73. The van der Waals surface area contributed by atoms with Crippen LogP contribution in [0.1, 0.15) is 60.1 Å². The summed E-state index contributed by atoms with van der Waals surface area (Å²) in [5, 5.41) is 4.66. The summed E-state index contributed by atoms with van der Waals surface area (Å²) in [6.07, 6.45) is 5.30. The van der Waals surface area contributed by atoms with Gasteiger partial charge in [0.25, 0.3) is 0 Å². The molecule has 1 saturated heterocycles. The first-order valence-electron chi connectivity index (χ1n) is 7.52. The van der Waals surface area contributed by atoms with Crippen molar-refractivity contribution in [2.75, 3.05) is 18.1 Å². The molecule has 2 unspecified atom stereocenters. The standard InChI is InChI=1S/C14H22N2O2S2/c1-2-7-15-11-4-3-5-12-13(11)19-14(16-12)10-6-8-20(17,18)9-10/h10-11,15H,2-9H2,1H3. The minimum absolute atomic E-state index is 0.141. The third-order valence-corrected chi connectivity index (χ3v) is 7.33. The van der Waals surface area contributed by atoms with E-state index in [1.807, 2.05) is 0 Å².